The van der Waals surface area contributed by atoms with Gasteiger partial charge in [-0.2, -0.15) is 0 Å². The molecule has 110 valence electrons. The molecular formula is C15H19F2NO2. The lowest BCUT2D eigenvalue weighted by atomic mass is 10.1. The summed E-state index contributed by atoms with van der Waals surface area (Å²) in [4.78, 5) is 11.8. The van der Waals surface area contributed by atoms with Gasteiger partial charge in [-0.1, -0.05) is 6.92 Å². The molecule has 0 aromatic heterocycles. The van der Waals surface area contributed by atoms with E-state index in [1.807, 2.05) is 6.92 Å². The summed E-state index contributed by atoms with van der Waals surface area (Å²) in [7, 11) is 0. The minimum Gasteiger partial charge on any atom is -0.396 e. The van der Waals surface area contributed by atoms with Crippen LogP contribution in [0.25, 0.3) is 5.57 Å². The lowest BCUT2D eigenvalue weighted by Gasteiger charge is -2.14. The van der Waals surface area contributed by atoms with E-state index in [4.69, 9.17) is 5.11 Å². The highest BCUT2D eigenvalue weighted by molar-refractivity contribution is 5.95. The number of benzene rings is 1. The summed E-state index contributed by atoms with van der Waals surface area (Å²) >= 11 is 0. The second kappa shape index (κ2) is 7.75. The first-order chi connectivity index (χ1) is 9.47. The highest BCUT2D eigenvalue weighted by Gasteiger charge is 2.10. The van der Waals surface area contributed by atoms with Crippen LogP contribution in [-0.4, -0.2) is 23.7 Å². The number of nitrogens with one attached hydrogen (secondary N) is 1. The van der Waals surface area contributed by atoms with Gasteiger partial charge in [-0.25, -0.2) is 8.78 Å². The maximum Gasteiger partial charge on any atom is 0.244 e. The fourth-order valence-corrected chi connectivity index (χ4v) is 1.86. The van der Waals surface area contributed by atoms with Crippen molar-refractivity contribution in [3.63, 3.8) is 0 Å². The van der Waals surface area contributed by atoms with Crippen LogP contribution in [0.1, 0.15) is 32.3 Å². The van der Waals surface area contributed by atoms with Gasteiger partial charge in [0.1, 0.15) is 11.6 Å². The summed E-state index contributed by atoms with van der Waals surface area (Å²) in [5.74, 6) is -1.71. The molecule has 3 nitrogen and oxygen atoms in total. The highest BCUT2D eigenvalue weighted by Crippen LogP contribution is 2.18. The quantitative estimate of drug-likeness (QED) is 0.789. The van der Waals surface area contributed by atoms with Crippen LogP contribution >= 0.6 is 0 Å². The van der Waals surface area contributed by atoms with E-state index in [1.54, 1.807) is 6.92 Å². The third kappa shape index (κ3) is 4.74. The molecular weight excluding hydrogens is 264 g/mol. The lowest BCUT2D eigenvalue weighted by molar-refractivity contribution is -0.117. The van der Waals surface area contributed by atoms with E-state index in [9.17, 15) is 13.6 Å². The number of carbonyl (C=O) groups is 1. The average Bonchev–Trinajstić information content (AvgIpc) is 2.37. The Morgan fingerprint density at radius 2 is 2.15 bits per heavy atom. The van der Waals surface area contributed by atoms with Crippen molar-refractivity contribution >= 4 is 11.5 Å². The van der Waals surface area contributed by atoms with Crippen LogP contribution < -0.4 is 5.32 Å². The number of allylic oxidation sites excluding steroid dienone is 1. The molecule has 1 atom stereocenters. The van der Waals surface area contributed by atoms with Crippen molar-refractivity contribution < 1.29 is 18.7 Å². The second-order valence-electron chi connectivity index (χ2n) is 4.58. The Morgan fingerprint density at radius 3 is 2.70 bits per heavy atom. The monoisotopic (exact) mass is 283 g/mol. The first kappa shape index (κ1) is 16.3. The molecule has 1 rings (SSSR count). The number of aliphatic hydroxyl groups excluding tert-OH is 1. The zero-order chi connectivity index (χ0) is 15.1. The molecule has 0 aliphatic heterocycles. The maximum atomic E-state index is 13.6. The molecule has 0 aliphatic carbocycles. The molecule has 0 fully saturated rings. The van der Waals surface area contributed by atoms with Crippen molar-refractivity contribution in [2.45, 2.75) is 32.7 Å². The Bertz CT molecular complexity index is 501. The molecule has 0 spiro atoms. The third-order valence-corrected chi connectivity index (χ3v) is 3.02. The molecule has 0 saturated carbocycles. The summed E-state index contributed by atoms with van der Waals surface area (Å²) in [5, 5.41) is 11.6. The van der Waals surface area contributed by atoms with Crippen molar-refractivity contribution in [2.24, 2.45) is 0 Å². The van der Waals surface area contributed by atoms with E-state index in [2.05, 4.69) is 5.32 Å². The van der Waals surface area contributed by atoms with Gasteiger partial charge >= 0.3 is 0 Å². The van der Waals surface area contributed by atoms with Gasteiger partial charge in [0.05, 0.1) is 0 Å². The summed E-state index contributed by atoms with van der Waals surface area (Å²) in [6, 6.07) is 3.11. The average molecular weight is 283 g/mol. The molecule has 2 N–H and O–H groups in total. The van der Waals surface area contributed by atoms with Crippen molar-refractivity contribution in [3.8, 4) is 0 Å². The predicted octanol–water partition coefficient (Wildman–Crippen LogP) is 2.65. The van der Waals surface area contributed by atoms with Crippen molar-refractivity contribution in [3.05, 3.63) is 41.5 Å². The summed E-state index contributed by atoms with van der Waals surface area (Å²) in [5.41, 5.74) is 0.607. The van der Waals surface area contributed by atoms with Gasteiger partial charge in [-0.15, -0.1) is 0 Å². The van der Waals surface area contributed by atoms with Crippen molar-refractivity contribution in [1.29, 1.82) is 0 Å². The van der Waals surface area contributed by atoms with E-state index in [0.717, 1.165) is 12.1 Å². The van der Waals surface area contributed by atoms with Gasteiger partial charge in [-0.05, 0) is 37.5 Å². The van der Waals surface area contributed by atoms with Crippen LogP contribution in [0.4, 0.5) is 8.78 Å². The minimum absolute atomic E-state index is 0.00588. The van der Waals surface area contributed by atoms with Crippen LogP contribution in [0.15, 0.2) is 24.3 Å². The fourth-order valence-electron chi connectivity index (χ4n) is 1.86. The Balaban J connectivity index is 2.79. The Labute approximate surface area is 117 Å². The minimum atomic E-state index is -0.700. The summed E-state index contributed by atoms with van der Waals surface area (Å²) < 4.78 is 26.4. The predicted molar refractivity (Wildman–Crippen MR) is 73.9 cm³/mol. The molecule has 1 aromatic rings. The number of carbonyl (C=O) groups excluding carboxylic acids is 1. The van der Waals surface area contributed by atoms with Gasteiger partial charge in [-0.3, -0.25) is 4.79 Å². The van der Waals surface area contributed by atoms with Crippen LogP contribution in [0.3, 0.4) is 0 Å². The zero-order valence-electron chi connectivity index (χ0n) is 11.6. The van der Waals surface area contributed by atoms with E-state index >= 15 is 0 Å². The SMILES string of the molecule is CCC(CCO)NC(=O)/C=C(/C)c1ccc(F)cc1F. The lowest BCUT2D eigenvalue weighted by Crippen LogP contribution is -2.33. The number of amides is 1. The molecule has 0 bridgehead atoms. The molecule has 0 aliphatic rings. The normalized spacial score (nSPS) is 13.2. The van der Waals surface area contributed by atoms with E-state index in [1.165, 1.54) is 12.1 Å². The van der Waals surface area contributed by atoms with Crippen molar-refractivity contribution in [2.75, 3.05) is 6.61 Å². The summed E-state index contributed by atoms with van der Waals surface area (Å²) in [6.45, 7) is 3.48. The van der Waals surface area contributed by atoms with Gasteiger partial charge in [0, 0.05) is 30.4 Å². The fraction of sp³-hybridized carbons (Fsp3) is 0.400. The molecule has 20 heavy (non-hydrogen) atoms. The molecule has 0 saturated heterocycles. The Hall–Kier alpha value is -1.75. The topological polar surface area (TPSA) is 49.3 Å². The van der Waals surface area contributed by atoms with Crippen LogP contribution in [0.5, 0.6) is 0 Å². The maximum absolute atomic E-state index is 13.6. The van der Waals surface area contributed by atoms with E-state index < -0.39 is 11.6 Å². The van der Waals surface area contributed by atoms with Gasteiger partial charge in [0.25, 0.3) is 0 Å². The zero-order valence-corrected chi connectivity index (χ0v) is 11.6. The number of rotatable bonds is 6. The number of hydrogen-bond donors (Lipinski definition) is 2. The highest BCUT2D eigenvalue weighted by atomic mass is 19.1. The molecule has 5 heteroatoms. The molecule has 1 aromatic carbocycles. The molecule has 0 radical (unpaired) electrons. The molecule has 1 unspecified atom stereocenters. The Kier molecular flexibility index (Phi) is 6.31. The largest absolute Gasteiger partial charge is 0.396 e. The number of hydrogen-bond acceptors (Lipinski definition) is 2. The van der Waals surface area contributed by atoms with Crippen LogP contribution in [0, 0.1) is 11.6 Å². The number of halogens is 2. The Morgan fingerprint density at radius 1 is 1.45 bits per heavy atom. The van der Waals surface area contributed by atoms with Gasteiger partial charge < -0.3 is 10.4 Å². The second-order valence-corrected chi connectivity index (χ2v) is 4.58. The van der Waals surface area contributed by atoms with Gasteiger partial charge in [0.2, 0.25) is 5.91 Å². The van der Waals surface area contributed by atoms with Crippen molar-refractivity contribution in [1.82, 2.24) is 5.32 Å². The molecule has 0 heterocycles. The first-order valence-corrected chi connectivity index (χ1v) is 6.53. The summed E-state index contributed by atoms with van der Waals surface area (Å²) in [6.07, 6.45) is 2.44. The standard InChI is InChI=1S/C15H19F2NO2/c1-3-12(6-7-19)18-15(20)8-10(2)13-5-4-11(16)9-14(13)17/h4-5,8-9,12,19H,3,6-7H2,1-2H3,(H,18,20)/b10-8-. The molecule has 1 amide bonds. The van der Waals surface area contributed by atoms with Crippen LogP contribution in [-0.2, 0) is 4.79 Å². The first-order valence-electron chi connectivity index (χ1n) is 6.53. The van der Waals surface area contributed by atoms with Crippen LogP contribution in [0.2, 0.25) is 0 Å². The van der Waals surface area contributed by atoms with E-state index in [0.29, 0.717) is 18.4 Å². The smallest absolute Gasteiger partial charge is 0.244 e. The third-order valence-electron chi connectivity index (χ3n) is 3.02. The number of aliphatic hydroxyl groups is 1. The van der Waals surface area contributed by atoms with E-state index in [-0.39, 0.29) is 24.1 Å². The van der Waals surface area contributed by atoms with Gasteiger partial charge in [0.15, 0.2) is 0 Å².